The molecule has 0 radical (unpaired) electrons. The molecule has 0 bridgehead atoms. The Bertz CT molecular complexity index is 278. The topological polar surface area (TPSA) is 18.5 Å². The molecular formula is C9H10BrClO2. The first-order valence-corrected chi connectivity index (χ1v) is 5.26. The molecule has 1 aromatic carbocycles. The van der Waals surface area contributed by atoms with E-state index in [1.807, 2.05) is 18.2 Å². The Morgan fingerprint density at radius 1 is 1.46 bits per heavy atom. The van der Waals surface area contributed by atoms with Crippen LogP contribution in [0.15, 0.2) is 18.2 Å². The van der Waals surface area contributed by atoms with E-state index in [9.17, 15) is 0 Å². The Labute approximate surface area is 90.9 Å². The van der Waals surface area contributed by atoms with Gasteiger partial charge in [-0.25, -0.2) is 9.78 Å². The van der Waals surface area contributed by atoms with E-state index in [0.29, 0.717) is 11.6 Å². The van der Waals surface area contributed by atoms with Gasteiger partial charge in [-0.1, -0.05) is 39.7 Å². The molecule has 0 saturated carbocycles. The largest absolute Gasteiger partial charge is 0.240 e. The van der Waals surface area contributed by atoms with Crippen LogP contribution in [0.2, 0.25) is 5.02 Å². The van der Waals surface area contributed by atoms with Crippen LogP contribution < -0.4 is 0 Å². The summed E-state index contributed by atoms with van der Waals surface area (Å²) < 4.78 is 0. The van der Waals surface area contributed by atoms with Gasteiger partial charge in [-0.05, 0) is 17.2 Å². The molecule has 1 rings (SSSR count). The molecule has 0 spiro atoms. The summed E-state index contributed by atoms with van der Waals surface area (Å²) in [4.78, 5) is 9.27. The zero-order valence-corrected chi connectivity index (χ0v) is 9.56. The molecular weight excluding hydrogens is 255 g/mol. The fourth-order valence-electron chi connectivity index (χ4n) is 0.913. The molecule has 0 N–H and O–H groups in total. The predicted molar refractivity (Wildman–Crippen MR) is 55.9 cm³/mol. The smallest absolute Gasteiger partial charge is 0.109 e. The van der Waals surface area contributed by atoms with Gasteiger partial charge in [0.05, 0.1) is 7.11 Å². The highest BCUT2D eigenvalue weighted by Gasteiger charge is 2.01. The fraction of sp³-hybridized carbons (Fsp3) is 0.333. The highest BCUT2D eigenvalue weighted by Crippen LogP contribution is 2.20. The molecule has 0 heterocycles. The van der Waals surface area contributed by atoms with E-state index in [2.05, 4.69) is 20.8 Å². The monoisotopic (exact) mass is 264 g/mol. The van der Waals surface area contributed by atoms with Crippen LogP contribution in [-0.4, -0.2) is 7.11 Å². The lowest BCUT2D eigenvalue weighted by atomic mass is 10.2. The van der Waals surface area contributed by atoms with Crippen LogP contribution in [0.1, 0.15) is 11.1 Å². The zero-order chi connectivity index (χ0) is 9.68. The predicted octanol–water partition coefficient (Wildman–Crippen LogP) is 3.31. The molecule has 1 aromatic rings. The van der Waals surface area contributed by atoms with Gasteiger partial charge in [-0.3, -0.25) is 0 Å². The highest BCUT2D eigenvalue weighted by atomic mass is 79.9. The van der Waals surface area contributed by atoms with Crippen molar-refractivity contribution in [3.8, 4) is 0 Å². The lowest BCUT2D eigenvalue weighted by Crippen LogP contribution is -1.92. The first-order chi connectivity index (χ1) is 6.27. The maximum atomic E-state index is 5.99. The van der Waals surface area contributed by atoms with Gasteiger partial charge >= 0.3 is 0 Å². The Morgan fingerprint density at radius 3 is 2.77 bits per heavy atom. The SMILES string of the molecule is COOCc1ccc(CBr)cc1Cl. The second kappa shape index (κ2) is 5.60. The Hall–Kier alpha value is -0.0900. The van der Waals surface area contributed by atoms with Gasteiger partial charge in [0, 0.05) is 10.4 Å². The third kappa shape index (κ3) is 3.27. The number of hydrogen-bond donors (Lipinski definition) is 0. The first kappa shape index (κ1) is 11.0. The molecule has 0 aliphatic heterocycles. The van der Waals surface area contributed by atoms with E-state index in [4.69, 9.17) is 16.5 Å². The summed E-state index contributed by atoms with van der Waals surface area (Å²) >= 11 is 9.34. The van der Waals surface area contributed by atoms with E-state index >= 15 is 0 Å². The van der Waals surface area contributed by atoms with Crippen LogP contribution in [-0.2, 0) is 21.7 Å². The maximum Gasteiger partial charge on any atom is 0.109 e. The van der Waals surface area contributed by atoms with E-state index in [0.717, 1.165) is 16.5 Å². The van der Waals surface area contributed by atoms with Crippen molar-refractivity contribution in [2.45, 2.75) is 11.9 Å². The number of benzene rings is 1. The lowest BCUT2D eigenvalue weighted by Gasteiger charge is -2.04. The zero-order valence-electron chi connectivity index (χ0n) is 7.22. The van der Waals surface area contributed by atoms with Gasteiger partial charge in [-0.2, -0.15) is 0 Å². The van der Waals surface area contributed by atoms with Gasteiger partial charge in [0.1, 0.15) is 6.61 Å². The average molecular weight is 266 g/mol. The van der Waals surface area contributed by atoms with Gasteiger partial charge in [0.15, 0.2) is 0 Å². The normalized spacial score (nSPS) is 10.4. The van der Waals surface area contributed by atoms with Crippen molar-refractivity contribution in [1.82, 2.24) is 0 Å². The van der Waals surface area contributed by atoms with Crippen molar-refractivity contribution in [2.75, 3.05) is 7.11 Å². The average Bonchev–Trinajstić information content (AvgIpc) is 2.16. The minimum atomic E-state index is 0.373. The summed E-state index contributed by atoms with van der Waals surface area (Å²) in [6, 6.07) is 5.83. The molecule has 0 atom stereocenters. The van der Waals surface area contributed by atoms with Gasteiger partial charge in [-0.15, -0.1) is 0 Å². The Balaban J connectivity index is 2.73. The summed E-state index contributed by atoms with van der Waals surface area (Å²) in [6.07, 6.45) is 0. The summed E-state index contributed by atoms with van der Waals surface area (Å²) in [7, 11) is 1.47. The van der Waals surface area contributed by atoms with Crippen molar-refractivity contribution in [1.29, 1.82) is 0 Å². The van der Waals surface area contributed by atoms with Crippen molar-refractivity contribution < 1.29 is 9.78 Å². The van der Waals surface area contributed by atoms with Gasteiger partial charge in [0.2, 0.25) is 0 Å². The van der Waals surface area contributed by atoms with Crippen LogP contribution in [0.3, 0.4) is 0 Å². The molecule has 0 aromatic heterocycles. The van der Waals surface area contributed by atoms with Crippen molar-refractivity contribution >= 4 is 27.5 Å². The number of halogens is 2. The van der Waals surface area contributed by atoms with Crippen LogP contribution >= 0.6 is 27.5 Å². The van der Waals surface area contributed by atoms with Gasteiger partial charge in [0.25, 0.3) is 0 Å². The number of alkyl halides is 1. The highest BCUT2D eigenvalue weighted by molar-refractivity contribution is 9.08. The Kier molecular flexibility index (Phi) is 4.73. The minimum Gasteiger partial charge on any atom is -0.240 e. The summed E-state index contributed by atoms with van der Waals surface area (Å²) in [5, 5.41) is 1.51. The molecule has 0 unspecified atom stereocenters. The molecule has 0 aliphatic rings. The van der Waals surface area contributed by atoms with Crippen LogP contribution in [0.25, 0.3) is 0 Å². The summed E-state index contributed by atoms with van der Waals surface area (Å²) in [5.41, 5.74) is 2.07. The molecule has 72 valence electrons. The third-order valence-electron chi connectivity index (χ3n) is 1.60. The lowest BCUT2D eigenvalue weighted by molar-refractivity contribution is -0.282. The second-order valence-electron chi connectivity index (χ2n) is 2.49. The molecule has 0 fully saturated rings. The van der Waals surface area contributed by atoms with Crippen LogP contribution in [0.4, 0.5) is 0 Å². The second-order valence-corrected chi connectivity index (χ2v) is 3.46. The molecule has 0 saturated heterocycles. The Morgan fingerprint density at radius 2 is 2.23 bits per heavy atom. The molecule has 4 heteroatoms. The van der Waals surface area contributed by atoms with Crippen molar-refractivity contribution in [3.63, 3.8) is 0 Å². The molecule has 2 nitrogen and oxygen atoms in total. The number of hydrogen-bond acceptors (Lipinski definition) is 2. The van der Waals surface area contributed by atoms with Crippen LogP contribution in [0.5, 0.6) is 0 Å². The molecule has 0 aliphatic carbocycles. The van der Waals surface area contributed by atoms with Gasteiger partial charge < -0.3 is 0 Å². The number of rotatable bonds is 4. The van der Waals surface area contributed by atoms with Crippen molar-refractivity contribution in [3.05, 3.63) is 34.3 Å². The van der Waals surface area contributed by atoms with E-state index < -0.39 is 0 Å². The summed E-state index contributed by atoms with van der Waals surface area (Å²) in [6.45, 7) is 0.373. The minimum absolute atomic E-state index is 0.373. The van der Waals surface area contributed by atoms with Crippen molar-refractivity contribution in [2.24, 2.45) is 0 Å². The summed E-state index contributed by atoms with van der Waals surface area (Å²) in [5.74, 6) is 0. The molecule has 13 heavy (non-hydrogen) atoms. The first-order valence-electron chi connectivity index (χ1n) is 3.76. The quantitative estimate of drug-likeness (QED) is 0.472. The van der Waals surface area contributed by atoms with E-state index in [1.165, 1.54) is 7.11 Å². The standard InChI is InChI=1S/C9H10BrClO2/c1-12-13-6-8-3-2-7(5-10)4-9(8)11/h2-4H,5-6H2,1H3. The fourth-order valence-corrected chi connectivity index (χ4v) is 1.52. The van der Waals surface area contributed by atoms with E-state index in [1.54, 1.807) is 0 Å². The molecule has 0 amide bonds. The van der Waals surface area contributed by atoms with E-state index in [-0.39, 0.29) is 0 Å². The maximum absolute atomic E-state index is 5.99. The third-order valence-corrected chi connectivity index (χ3v) is 2.60. The van der Waals surface area contributed by atoms with Crippen LogP contribution in [0, 0.1) is 0 Å².